The van der Waals surface area contributed by atoms with Gasteiger partial charge >= 0.3 is 6.03 Å². The van der Waals surface area contributed by atoms with Crippen LogP contribution in [0, 0.1) is 17.5 Å². The molecule has 0 radical (unpaired) electrons. The molecule has 0 saturated carbocycles. The number of rotatable bonds is 5. The van der Waals surface area contributed by atoms with Crippen LogP contribution >= 0.6 is 18.7 Å². The number of hydrogen-bond acceptors (Lipinski definition) is 3. The third kappa shape index (κ3) is 5.13. The number of benzene rings is 3. The summed E-state index contributed by atoms with van der Waals surface area (Å²) in [7, 11) is -2.78. The maximum atomic E-state index is 15.2. The molecule has 0 aromatic heterocycles. The number of urea groups is 1. The smallest absolute Gasteiger partial charge is 0.319 e. The zero-order valence-electron chi connectivity index (χ0n) is 19.3. The van der Waals surface area contributed by atoms with Gasteiger partial charge in [-0.15, -0.1) is 0 Å². The third-order valence-corrected chi connectivity index (χ3v) is 7.60. The van der Waals surface area contributed by atoms with E-state index in [2.05, 4.69) is 10.6 Å². The Balaban J connectivity index is 1.53. The number of carbonyl (C=O) groups excluding carboxylic acids is 2. The number of carbonyl (C=O) groups is 2. The number of nitrogens with zero attached hydrogens (tertiary/aromatic N) is 1. The number of amides is 3. The second-order valence-electron chi connectivity index (χ2n) is 8.68. The van der Waals surface area contributed by atoms with Gasteiger partial charge in [-0.3, -0.25) is 4.79 Å². The molecule has 1 heterocycles. The quantitative estimate of drug-likeness (QED) is 0.418. The number of halogens is 4. The van der Waals surface area contributed by atoms with Gasteiger partial charge in [0.05, 0.1) is 11.4 Å². The molecule has 4 rings (SSSR count). The first-order valence-corrected chi connectivity index (χ1v) is 13.9. The lowest BCUT2D eigenvalue weighted by atomic mass is 10.0. The van der Waals surface area contributed by atoms with Crippen LogP contribution in [0.3, 0.4) is 0 Å². The van der Waals surface area contributed by atoms with Crippen molar-refractivity contribution in [1.29, 1.82) is 0 Å². The van der Waals surface area contributed by atoms with Gasteiger partial charge in [0.25, 0.3) is 0 Å². The minimum atomic E-state index is -2.78. The second-order valence-corrected chi connectivity index (χ2v) is 12.3. The summed E-state index contributed by atoms with van der Waals surface area (Å²) in [5.74, 6) is -3.79. The summed E-state index contributed by atoms with van der Waals surface area (Å²) in [6.45, 7) is 3.12. The molecule has 1 aliphatic rings. The van der Waals surface area contributed by atoms with E-state index >= 15 is 8.78 Å². The Morgan fingerprint density at radius 1 is 1.03 bits per heavy atom. The van der Waals surface area contributed by atoms with Crippen LogP contribution in [0.2, 0.25) is 5.02 Å². The zero-order chi connectivity index (χ0) is 26.2. The van der Waals surface area contributed by atoms with Crippen molar-refractivity contribution in [2.45, 2.75) is 12.5 Å². The van der Waals surface area contributed by atoms with E-state index in [0.717, 1.165) is 11.0 Å². The maximum absolute atomic E-state index is 15.2. The monoisotopic (exact) mass is 535 g/mol. The Morgan fingerprint density at radius 3 is 2.44 bits per heavy atom. The van der Waals surface area contributed by atoms with E-state index in [1.165, 1.54) is 24.3 Å². The van der Waals surface area contributed by atoms with Crippen LogP contribution in [0.4, 0.5) is 29.3 Å². The Morgan fingerprint density at radius 2 is 1.75 bits per heavy atom. The fourth-order valence-corrected chi connectivity index (χ4v) is 5.47. The molecule has 2 N–H and O–H groups in total. The molecule has 0 aliphatic carbocycles. The zero-order valence-corrected chi connectivity index (χ0v) is 21.0. The lowest BCUT2D eigenvalue weighted by molar-refractivity contribution is -0.118. The molecule has 6 nitrogen and oxygen atoms in total. The van der Waals surface area contributed by atoms with Crippen LogP contribution in [0.1, 0.15) is 6.42 Å². The van der Waals surface area contributed by atoms with E-state index in [4.69, 9.17) is 11.6 Å². The van der Waals surface area contributed by atoms with Crippen LogP contribution in [-0.2, 0) is 9.36 Å². The van der Waals surface area contributed by atoms with Gasteiger partial charge < -0.3 is 20.1 Å². The Labute approximate surface area is 210 Å². The molecule has 1 aliphatic heterocycles. The number of hydrogen-bond donors (Lipinski definition) is 2. The van der Waals surface area contributed by atoms with Crippen molar-refractivity contribution in [3.8, 4) is 11.1 Å². The summed E-state index contributed by atoms with van der Waals surface area (Å²) in [6, 6.07) is 11.0. The summed E-state index contributed by atoms with van der Waals surface area (Å²) in [5, 5.41) is 5.29. The molecule has 1 atom stereocenters. The van der Waals surface area contributed by atoms with Crippen molar-refractivity contribution in [1.82, 2.24) is 5.32 Å². The summed E-state index contributed by atoms with van der Waals surface area (Å²) >= 11 is 5.69. The van der Waals surface area contributed by atoms with Gasteiger partial charge in [-0.25, -0.2) is 18.0 Å². The first kappa shape index (κ1) is 25.8. The minimum Gasteiger partial charge on any atom is -0.326 e. The summed E-state index contributed by atoms with van der Waals surface area (Å²) in [5.41, 5.74) is -0.163. The van der Waals surface area contributed by atoms with Crippen molar-refractivity contribution in [2.75, 3.05) is 30.1 Å². The van der Waals surface area contributed by atoms with Crippen molar-refractivity contribution in [3.63, 3.8) is 0 Å². The summed E-state index contributed by atoms with van der Waals surface area (Å²) in [6.07, 6.45) is 0.135. The molecule has 0 unspecified atom stereocenters. The Hall–Kier alpha value is -3.29. The fourth-order valence-electron chi connectivity index (χ4n) is 4.09. The molecule has 3 amide bonds. The van der Waals surface area contributed by atoms with E-state index in [9.17, 15) is 18.5 Å². The van der Waals surface area contributed by atoms with E-state index in [0.29, 0.717) is 10.9 Å². The molecular formula is C25H22ClF3N3O3P. The van der Waals surface area contributed by atoms with E-state index in [1.807, 2.05) is 0 Å². The fraction of sp³-hybridized carbons (Fsp3) is 0.200. The highest BCUT2D eigenvalue weighted by molar-refractivity contribution is 7.70. The molecule has 1 saturated heterocycles. The second kappa shape index (κ2) is 9.99. The molecule has 188 valence electrons. The van der Waals surface area contributed by atoms with E-state index < -0.39 is 42.6 Å². The third-order valence-electron chi connectivity index (χ3n) is 5.82. The molecule has 3 aromatic rings. The Bertz CT molecular complexity index is 1410. The van der Waals surface area contributed by atoms with Gasteiger partial charge in [-0.1, -0.05) is 35.9 Å². The number of nitrogens with one attached hydrogen (secondary N) is 2. The van der Waals surface area contributed by atoms with Gasteiger partial charge in [0.15, 0.2) is 11.6 Å². The van der Waals surface area contributed by atoms with E-state index in [-0.39, 0.29) is 34.9 Å². The van der Waals surface area contributed by atoms with Crippen LogP contribution in [-0.4, -0.2) is 37.9 Å². The molecular weight excluding hydrogens is 514 g/mol. The molecule has 0 bridgehead atoms. The van der Waals surface area contributed by atoms with Gasteiger partial charge in [0.2, 0.25) is 5.91 Å². The van der Waals surface area contributed by atoms with Crippen molar-refractivity contribution in [3.05, 3.63) is 77.1 Å². The highest BCUT2D eigenvalue weighted by Crippen LogP contribution is 2.40. The first-order chi connectivity index (χ1) is 17.0. The largest absolute Gasteiger partial charge is 0.326 e. The molecule has 3 aromatic carbocycles. The highest BCUT2D eigenvalue weighted by atomic mass is 35.5. The van der Waals surface area contributed by atoms with E-state index in [1.54, 1.807) is 37.6 Å². The van der Waals surface area contributed by atoms with Crippen LogP contribution < -0.4 is 20.8 Å². The average molecular weight is 536 g/mol. The van der Waals surface area contributed by atoms with Gasteiger partial charge in [0.1, 0.15) is 19.0 Å². The van der Waals surface area contributed by atoms with Crippen LogP contribution in [0.15, 0.2) is 54.6 Å². The van der Waals surface area contributed by atoms with Crippen molar-refractivity contribution >= 4 is 47.4 Å². The van der Waals surface area contributed by atoms with Crippen LogP contribution in [0.25, 0.3) is 11.1 Å². The minimum absolute atomic E-state index is 0.0322. The lowest BCUT2D eigenvalue weighted by Crippen LogP contribution is -2.43. The summed E-state index contributed by atoms with van der Waals surface area (Å²) in [4.78, 5) is 26.2. The highest BCUT2D eigenvalue weighted by Gasteiger charge is 2.36. The van der Waals surface area contributed by atoms with Crippen molar-refractivity contribution < 1.29 is 27.3 Å². The maximum Gasteiger partial charge on any atom is 0.319 e. The topological polar surface area (TPSA) is 78.5 Å². The first-order valence-electron chi connectivity index (χ1n) is 10.9. The predicted octanol–water partition coefficient (Wildman–Crippen LogP) is 5.60. The van der Waals surface area contributed by atoms with Crippen molar-refractivity contribution in [2.24, 2.45) is 0 Å². The lowest BCUT2D eigenvalue weighted by Gasteiger charge is -2.20. The van der Waals surface area contributed by atoms with Gasteiger partial charge in [0, 0.05) is 22.4 Å². The summed E-state index contributed by atoms with van der Waals surface area (Å²) < 4.78 is 56.9. The SMILES string of the molecule is CP(C)(=O)c1ccccc1-c1ccc(N2CC[C@@H](NC(=O)Nc3ccc(Cl)cc3F)C2=O)c(F)c1F. The molecule has 0 spiro atoms. The predicted molar refractivity (Wildman–Crippen MR) is 135 cm³/mol. The average Bonchev–Trinajstić information content (AvgIpc) is 3.16. The molecule has 11 heteroatoms. The van der Waals surface area contributed by atoms with Gasteiger partial charge in [-0.2, -0.15) is 0 Å². The van der Waals surface area contributed by atoms with Gasteiger partial charge in [-0.05, 0) is 55.6 Å². The molecule has 36 heavy (non-hydrogen) atoms. The standard InChI is InChI=1S/C25H22ClF3N3O3P/c1-36(2,35)21-6-4-3-5-15(21)16-8-10-20(23(29)22(16)28)32-12-11-19(24(32)33)31-25(34)30-18-9-7-14(26)13-17(18)27/h3-10,13,19H,11-12H2,1-2H3,(H2,30,31,34)/t19-/m1/s1. The van der Waals surface area contributed by atoms with Crippen LogP contribution in [0.5, 0.6) is 0 Å². The molecule has 1 fully saturated rings. The normalized spacial score (nSPS) is 15.8. The number of anilines is 2. The Kier molecular flexibility index (Phi) is 7.16.